The highest BCUT2D eigenvalue weighted by Crippen LogP contribution is 2.24. The number of rotatable bonds is 8. The molecule has 1 aliphatic rings. The Balaban J connectivity index is 1.44. The SMILES string of the molecule is O=C(O)C1Cc2ccccc2CN1C(=O)CCCOCCc1ccccc1. The minimum absolute atomic E-state index is 0.122. The van der Waals surface area contributed by atoms with E-state index < -0.39 is 12.0 Å². The molecule has 0 bridgehead atoms. The van der Waals surface area contributed by atoms with E-state index in [1.807, 2.05) is 42.5 Å². The summed E-state index contributed by atoms with van der Waals surface area (Å²) >= 11 is 0. The van der Waals surface area contributed by atoms with Crippen molar-refractivity contribution in [3.63, 3.8) is 0 Å². The maximum atomic E-state index is 12.6. The molecule has 142 valence electrons. The van der Waals surface area contributed by atoms with Gasteiger partial charge in [-0.2, -0.15) is 0 Å². The Bertz CT molecular complexity index is 775. The van der Waals surface area contributed by atoms with E-state index >= 15 is 0 Å². The van der Waals surface area contributed by atoms with Crippen LogP contribution in [0.15, 0.2) is 54.6 Å². The number of aliphatic carboxylic acids is 1. The number of benzene rings is 2. The maximum absolute atomic E-state index is 12.6. The number of carbonyl (C=O) groups is 2. The second kappa shape index (κ2) is 9.33. The highest BCUT2D eigenvalue weighted by molar-refractivity contribution is 5.84. The van der Waals surface area contributed by atoms with Crippen LogP contribution in [0, 0.1) is 0 Å². The van der Waals surface area contributed by atoms with Gasteiger partial charge >= 0.3 is 5.97 Å². The van der Waals surface area contributed by atoms with E-state index in [-0.39, 0.29) is 5.91 Å². The second-order valence-corrected chi connectivity index (χ2v) is 6.80. The Hall–Kier alpha value is -2.66. The Morgan fingerprint density at radius 1 is 1.00 bits per heavy atom. The molecule has 0 saturated carbocycles. The highest BCUT2D eigenvalue weighted by atomic mass is 16.5. The number of nitrogens with zero attached hydrogens (tertiary/aromatic N) is 1. The monoisotopic (exact) mass is 367 g/mol. The zero-order valence-corrected chi connectivity index (χ0v) is 15.3. The van der Waals surface area contributed by atoms with Crippen molar-refractivity contribution in [1.82, 2.24) is 4.90 Å². The summed E-state index contributed by atoms with van der Waals surface area (Å²) in [6, 6.07) is 17.1. The van der Waals surface area contributed by atoms with Gasteiger partial charge in [-0.1, -0.05) is 54.6 Å². The van der Waals surface area contributed by atoms with Crippen LogP contribution in [-0.4, -0.2) is 41.1 Å². The maximum Gasteiger partial charge on any atom is 0.326 e. The van der Waals surface area contributed by atoms with Crippen molar-refractivity contribution in [2.45, 2.75) is 38.3 Å². The van der Waals surface area contributed by atoms with Gasteiger partial charge in [-0.15, -0.1) is 0 Å². The lowest BCUT2D eigenvalue weighted by atomic mass is 9.93. The quantitative estimate of drug-likeness (QED) is 0.728. The lowest BCUT2D eigenvalue weighted by Gasteiger charge is -2.34. The van der Waals surface area contributed by atoms with Crippen LogP contribution in [0.1, 0.15) is 29.5 Å². The molecule has 3 rings (SSSR count). The van der Waals surface area contributed by atoms with Crippen molar-refractivity contribution in [2.75, 3.05) is 13.2 Å². The van der Waals surface area contributed by atoms with Gasteiger partial charge in [0.05, 0.1) is 6.61 Å². The first kappa shape index (κ1) is 19.1. The molecule has 1 heterocycles. The highest BCUT2D eigenvalue weighted by Gasteiger charge is 2.33. The number of hydrogen-bond acceptors (Lipinski definition) is 3. The lowest BCUT2D eigenvalue weighted by molar-refractivity contribution is -0.151. The predicted octanol–water partition coefficient (Wildman–Crippen LogP) is 3.06. The van der Waals surface area contributed by atoms with Crippen LogP contribution in [0.25, 0.3) is 0 Å². The summed E-state index contributed by atoms with van der Waals surface area (Å²) in [6.07, 6.45) is 2.11. The van der Waals surface area contributed by atoms with Crippen LogP contribution in [0.4, 0.5) is 0 Å². The van der Waals surface area contributed by atoms with Gasteiger partial charge in [0.2, 0.25) is 5.91 Å². The zero-order chi connectivity index (χ0) is 19.1. The van der Waals surface area contributed by atoms with E-state index in [4.69, 9.17) is 4.74 Å². The van der Waals surface area contributed by atoms with Crippen molar-refractivity contribution in [1.29, 1.82) is 0 Å². The average Bonchev–Trinajstić information content (AvgIpc) is 2.70. The van der Waals surface area contributed by atoms with Gasteiger partial charge in [0.25, 0.3) is 0 Å². The van der Waals surface area contributed by atoms with Crippen molar-refractivity contribution in [3.8, 4) is 0 Å². The molecule has 0 spiro atoms. The molecule has 0 aliphatic carbocycles. The molecule has 27 heavy (non-hydrogen) atoms. The topological polar surface area (TPSA) is 66.8 Å². The van der Waals surface area contributed by atoms with E-state index in [1.165, 1.54) is 10.5 Å². The minimum atomic E-state index is -0.947. The van der Waals surface area contributed by atoms with E-state index in [2.05, 4.69) is 12.1 Å². The van der Waals surface area contributed by atoms with Gasteiger partial charge in [-0.3, -0.25) is 4.79 Å². The molecular formula is C22H25NO4. The summed E-state index contributed by atoms with van der Waals surface area (Å²) in [4.78, 5) is 25.7. The summed E-state index contributed by atoms with van der Waals surface area (Å²) in [5.41, 5.74) is 3.27. The molecule has 1 aliphatic heterocycles. The van der Waals surface area contributed by atoms with E-state index in [9.17, 15) is 14.7 Å². The molecule has 5 heteroatoms. The first-order valence-electron chi connectivity index (χ1n) is 9.36. The van der Waals surface area contributed by atoms with E-state index in [0.717, 1.165) is 17.5 Å². The van der Waals surface area contributed by atoms with Crippen LogP contribution in [-0.2, 0) is 33.7 Å². The standard InChI is InChI=1S/C22H25NO4/c24-21(11-6-13-27-14-12-17-7-2-1-3-8-17)23-16-19-10-5-4-9-18(19)15-20(23)22(25)26/h1-5,7-10,20H,6,11-16H2,(H,25,26). The molecule has 0 saturated heterocycles. The molecule has 2 aromatic carbocycles. The van der Waals surface area contributed by atoms with E-state index in [1.54, 1.807) is 0 Å². The molecule has 1 atom stereocenters. The van der Waals surface area contributed by atoms with E-state index in [0.29, 0.717) is 39.0 Å². The van der Waals surface area contributed by atoms with Crippen LogP contribution in [0.3, 0.4) is 0 Å². The average molecular weight is 367 g/mol. The Morgan fingerprint density at radius 3 is 2.44 bits per heavy atom. The number of ether oxygens (including phenoxy) is 1. The molecule has 5 nitrogen and oxygen atoms in total. The summed E-state index contributed by atoms with van der Waals surface area (Å²) in [5, 5.41) is 9.51. The normalized spacial score (nSPS) is 16.0. The predicted molar refractivity (Wildman–Crippen MR) is 102 cm³/mol. The largest absolute Gasteiger partial charge is 0.480 e. The number of carboxylic acids is 1. The van der Waals surface area contributed by atoms with Gasteiger partial charge in [0.15, 0.2) is 0 Å². The third-order valence-electron chi connectivity index (χ3n) is 4.91. The van der Waals surface area contributed by atoms with Crippen molar-refractivity contribution < 1.29 is 19.4 Å². The fourth-order valence-corrected chi connectivity index (χ4v) is 3.41. The van der Waals surface area contributed by atoms with Crippen molar-refractivity contribution >= 4 is 11.9 Å². The van der Waals surface area contributed by atoms with Gasteiger partial charge in [-0.25, -0.2) is 4.79 Å². The Morgan fingerprint density at radius 2 is 1.70 bits per heavy atom. The Labute approximate surface area is 159 Å². The number of carbonyl (C=O) groups excluding carboxylic acids is 1. The molecule has 2 aromatic rings. The number of amides is 1. The molecule has 0 radical (unpaired) electrons. The number of fused-ring (bicyclic) bond motifs is 1. The molecule has 1 N–H and O–H groups in total. The van der Waals surface area contributed by atoms with Crippen molar-refractivity contribution in [2.24, 2.45) is 0 Å². The van der Waals surface area contributed by atoms with Gasteiger partial charge in [0, 0.05) is 26.0 Å². The molecule has 1 amide bonds. The van der Waals surface area contributed by atoms with Crippen LogP contribution >= 0.6 is 0 Å². The molecule has 1 unspecified atom stereocenters. The first-order chi connectivity index (χ1) is 13.1. The van der Waals surface area contributed by atoms with Gasteiger partial charge in [0.1, 0.15) is 6.04 Å². The summed E-state index contributed by atoms with van der Waals surface area (Å²) in [7, 11) is 0. The van der Waals surface area contributed by atoms with Gasteiger partial charge in [-0.05, 0) is 29.5 Å². The summed E-state index contributed by atoms with van der Waals surface area (Å²) in [6.45, 7) is 1.48. The summed E-state index contributed by atoms with van der Waals surface area (Å²) in [5.74, 6) is -1.07. The third kappa shape index (κ3) is 5.17. The fourth-order valence-electron chi connectivity index (χ4n) is 3.41. The summed E-state index contributed by atoms with van der Waals surface area (Å²) < 4.78 is 5.62. The fraction of sp³-hybridized carbons (Fsp3) is 0.364. The smallest absolute Gasteiger partial charge is 0.326 e. The lowest BCUT2D eigenvalue weighted by Crippen LogP contribution is -2.48. The first-order valence-corrected chi connectivity index (χ1v) is 9.36. The number of hydrogen-bond donors (Lipinski definition) is 1. The van der Waals surface area contributed by atoms with Crippen LogP contribution in [0.5, 0.6) is 0 Å². The minimum Gasteiger partial charge on any atom is -0.480 e. The van der Waals surface area contributed by atoms with Crippen LogP contribution < -0.4 is 0 Å². The number of carboxylic acid groups (broad SMARTS) is 1. The van der Waals surface area contributed by atoms with Gasteiger partial charge < -0.3 is 14.7 Å². The molecule has 0 fully saturated rings. The molecule has 0 aromatic heterocycles. The van der Waals surface area contributed by atoms with Crippen LogP contribution in [0.2, 0.25) is 0 Å². The Kier molecular flexibility index (Phi) is 6.60. The van der Waals surface area contributed by atoms with Crippen molar-refractivity contribution in [3.05, 3.63) is 71.3 Å². The third-order valence-corrected chi connectivity index (χ3v) is 4.91. The zero-order valence-electron chi connectivity index (χ0n) is 15.3. The molecular weight excluding hydrogens is 342 g/mol. The second-order valence-electron chi connectivity index (χ2n) is 6.80.